The smallest absolute Gasteiger partial charge is 0.317 e. The summed E-state index contributed by atoms with van der Waals surface area (Å²) in [5.41, 5.74) is 1.53. The van der Waals surface area contributed by atoms with E-state index in [1.54, 1.807) is 36.4 Å². The Morgan fingerprint density at radius 3 is 1.41 bits per heavy atom. The van der Waals surface area contributed by atoms with Gasteiger partial charge in [-0.05, 0) is 49.2 Å². The van der Waals surface area contributed by atoms with Crippen molar-refractivity contribution in [2.75, 3.05) is 0 Å². The summed E-state index contributed by atoms with van der Waals surface area (Å²) in [5.74, 6) is -3.11. The number of esters is 4. The van der Waals surface area contributed by atoms with Gasteiger partial charge in [-0.3, -0.25) is 19.2 Å². The molecule has 0 aromatic heterocycles. The van der Waals surface area contributed by atoms with Crippen LogP contribution in [0.1, 0.15) is 37.8 Å². The van der Waals surface area contributed by atoms with Gasteiger partial charge in [0, 0.05) is 8.95 Å². The Labute approximate surface area is 214 Å². The third-order valence-corrected chi connectivity index (χ3v) is 5.44. The minimum Gasteiger partial charge on any atom is -0.460 e. The molecule has 0 heterocycles. The number of carbonyl (C=O) groups excluding carboxylic acids is 4. The quantitative estimate of drug-likeness (QED) is 0.209. The largest absolute Gasteiger partial charge is 0.460 e. The number of hydrogen-bond acceptors (Lipinski definition) is 8. The molecule has 2 aromatic rings. The van der Waals surface area contributed by atoms with Crippen molar-refractivity contribution < 1.29 is 38.1 Å². The zero-order chi connectivity index (χ0) is 25.1. The Balaban J connectivity index is 1.67. The fourth-order valence-electron chi connectivity index (χ4n) is 2.61. The lowest BCUT2D eigenvalue weighted by Crippen LogP contribution is -2.32. The average Bonchev–Trinajstić information content (AvgIpc) is 2.76. The highest BCUT2D eigenvalue weighted by Gasteiger charge is 2.24. The van der Waals surface area contributed by atoms with Crippen LogP contribution < -0.4 is 0 Å². The van der Waals surface area contributed by atoms with E-state index in [9.17, 15) is 19.2 Å². The van der Waals surface area contributed by atoms with Gasteiger partial charge in [0.1, 0.15) is 38.3 Å². The molecule has 2 atom stereocenters. The number of carbonyl (C=O) groups is 4. The Hall–Kier alpha value is -2.72. The van der Waals surface area contributed by atoms with Gasteiger partial charge in [0.2, 0.25) is 0 Å². The number of rotatable bonds is 11. The highest BCUT2D eigenvalue weighted by Crippen LogP contribution is 2.14. The lowest BCUT2D eigenvalue weighted by molar-refractivity contribution is -0.171. The summed E-state index contributed by atoms with van der Waals surface area (Å²) in [4.78, 5) is 47.7. The molecular formula is C24H24Br2O8. The fraction of sp³-hybridized carbons (Fsp3) is 0.333. The number of halogens is 2. The van der Waals surface area contributed by atoms with Crippen molar-refractivity contribution in [1.82, 2.24) is 0 Å². The molecule has 34 heavy (non-hydrogen) atoms. The lowest BCUT2D eigenvalue weighted by Gasteiger charge is -2.20. The fourth-order valence-corrected chi connectivity index (χ4v) is 3.50. The Bertz CT molecular complexity index is 942. The Morgan fingerprint density at radius 1 is 0.676 bits per heavy atom. The molecule has 0 aliphatic carbocycles. The van der Waals surface area contributed by atoms with Crippen LogP contribution in [0.2, 0.25) is 0 Å². The van der Waals surface area contributed by atoms with Gasteiger partial charge in [-0.25, -0.2) is 0 Å². The summed E-state index contributed by atoms with van der Waals surface area (Å²) in [6.45, 7) is 3.06. The van der Waals surface area contributed by atoms with E-state index >= 15 is 0 Å². The molecule has 0 radical (unpaired) electrons. The van der Waals surface area contributed by atoms with Crippen LogP contribution in [-0.4, -0.2) is 36.1 Å². The first-order valence-corrected chi connectivity index (χ1v) is 11.9. The summed E-state index contributed by atoms with van der Waals surface area (Å²) in [7, 11) is 0. The van der Waals surface area contributed by atoms with E-state index in [-0.39, 0.29) is 13.2 Å². The summed E-state index contributed by atoms with van der Waals surface area (Å²) in [6.07, 6.45) is -2.85. The number of benzene rings is 2. The summed E-state index contributed by atoms with van der Waals surface area (Å²) in [6, 6.07) is 14.4. The van der Waals surface area contributed by atoms with E-state index in [2.05, 4.69) is 31.9 Å². The van der Waals surface area contributed by atoms with Gasteiger partial charge in [0.25, 0.3) is 0 Å². The van der Waals surface area contributed by atoms with Crippen LogP contribution in [0.15, 0.2) is 57.5 Å². The van der Waals surface area contributed by atoms with Gasteiger partial charge in [-0.15, -0.1) is 0 Å². The molecule has 8 nitrogen and oxygen atoms in total. The Kier molecular flexibility index (Phi) is 11.2. The second-order valence-corrected chi connectivity index (χ2v) is 9.16. The maximum Gasteiger partial charge on any atom is 0.317 e. The minimum atomic E-state index is -0.841. The standard InChI is InChI=1S/C24H24Br2O8/c1-15(33-23(29)11-21(27)31-13-17-5-3-7-19(25)9-17)16(2)34-24(30)12-22(28)32-14-18-6-4-8-20(26)10-18/h3-10,15-16H,11-14H2,1-2H3/t15-,16-/m1/s1. The van der Waals surface area contributed by atoms with Gasteiger partial charge in [0.15, 0.2) is 0 Å². The van der Waals surface area contributed by atoms with E-state index in [1.807, 2.05) is 12.1 Å². The third kappa shape index (κ3) is 10.5. The third-order valence-electron chi connectivity index (χ3n) is 4.45. The molecule has 0 N–H and O–H groups in total. The van der Waals surface area contributed by atoms with Crippen LogP contribution >= 0.6 is 31.9 Å². The van der Waals surface area contributed by atoms with Crippen molar-refractivity contribution >= 4 is 55.7 Å². The van der Waals surface area contributed by atoms with Gasteiger partial charge >= 0.3 is 23.9 Å². The summed E-state index contributed by atoms with van der Waals surface area (Å²) >= 11 is 6.64. The van der Waals surface area contributed by atoms with Crippen LogP contribution in [0.5, 0.6) is 0 Å². The first kappa shape index (κ1) is 27.5. The molecule has 0 unspecified atom stereocenters. The normalized spacial score (nSPS) is 12.2. The molecule has 10 heteroatoms. The van der Waals surface area contributed by atoms with Crippen molar-refractivity contribution in [1.29, 1.82) is 0 Å². The van der Waals surface area contributed by atoms with Crippen molar-refractivity contribution in [2.45, 2.75) is 52.1 Å². The molecule has 182 valence electrons. The second-order valence-electron chi connectivity index (χ2n) is 7.32. The first-order valence-electron chi connectivity index (χ1n) is 10.3. The van der Waals surface area contributed by atoms with Gasteiger partial charge in [-0.2, -0.15) is 0 Å². The number of hydrogen-bond donors (Lipinski definition) is 0. The minimum absolute atomic E-state index is 0.0206. The van der Waals surface area contributed by atoms with Crippen molar-refractivity contribution in [3.05, 3.63) is 68.6 Å². The molecule has 0 bridgehead atoms. The molecule has 2 rings (SSSR count). The van der Waals surface area contributed by atoms with E-state index < -0.39 is 48.9 Å². The van der Waals surface area contributed by atoms with E-state index in [1.165, 1.54) is 13.8 Å². The van der Waals surface area contributed by atoms with Gasteiger partial charge in [0.05, 0.1) is 0 Å². The molecule has 0 fully saturated rings. The van der Waals surface area contributed by atoms with Crippen LogP contribution in [0.4, 0.5) is 0 Å². The molecule has 0 saturated heterocycles. The summed E-state index contributed by atoms with van der Waals surface area (Å²) in [5, 5.41) is 0. The summed E-state index contributed by atoms with van der Waals surface area (Å²) < 4.78 is 22.1. The van der Waals surface area contributed by atoms with E-state index in [0.29, 0.717) is 0 Å². The van der Waals surface area contributed by atoms with E-state index in [0.717, 1.165) is 20.1 Å². The molecule has 0 spiro atoms. The topological polar surface area (TPSA) is 105 Å². The maximum absolute atomic E-state index is 12.0. The van der Waals surface area contributed by atoms with Crippen LogP contribution in [-0.2, 0) is 51.3 Å². The van der Waals surface area contributed by atoms with Gasteiger partial charge in [-0.1, -0.05) is 56.1 Å². The Morgan fingerprint density at radius 2 is 1.06 bits per heavy atom. The van der Waals surface area contributed by atoms with Crippen molar-refractivity contribution in [2.24, 2.45) is 0 Å². The van der Waals surface area contributed by atoms with Crippen molar-refractivity contribution in [3.63, 3.8) is 0 Å². The highest BCUT2D eigenvalue weighted by molar-refractivity contribution is 9.10. The molecular weight excluding hydrogens is 576 g/mol. The highest BCUT2D eigenvalue weighted by atomic mass is 79.9. The lowest BCUT2D eigenvalue weighted by atomic mass is 10.2. The first-order chi connectivity index (χ1) is 16.1. The molecule has 2 aromatic carbocycles. The zero-order valence-electron chi connectivity index (χ0n) is 18.6. The molecule has 0 aliphatic heterocycles. The van der Waals surface area contributed by atoms with Crippen LogP contribution in [0, 0.1) is 0 Å². The number of ether oxygens (including phenoxy) is 4. The second kappa shape index (κ2) is 13.9. The van der Waals surface area contributed by atoms with Gasteiger partial charge < -0.3 is 18.9 Å². The van der Waals surface area contributed by atoms with Crippen molar-refractivity contribution in [3.8, 4) is 0 Å². The van der Waals surface area contributed by atoms with Crippen LogP contribution in [0.3, 0.4) is 0 Å². The van der Waals surface area contributed by atoms with E-state index in [4.69, 9.17) is 18.9 Å². The monoisotopic (exact) mass is 598 g/mol. The average molecular weight is 600 g/mol. The molecule has 0 saturated carbocycles. The maximum atomic E-state index is 12.0. The SMILES string of the molecule is C[C@@H](OC(=O)CC(=O)OCc1cccc(Br)c1)[C@@H](C)OC(=O)CC(=O)OCc1cccc(Br)c1. The molecule has 0 aliphatic rings. The predicted octanol–water partition coefficient (Wildman–Crippen LogP) is 4.64. The van der Waals surface area contributed by atoms with Crippen LogP contribution in [0.25, 0.3) is 0 Å². The predicted molar refractivity (Wildman–Crippen MR) is 128 cm³/mol. The zero-order valence-corrected chi connectivity index (χ0v) is 21.8. The molecule has 0 amide bonds.